The molecule has 0 bridgehead atoms. The zero-order chi connectivity index (χ0) is 9.80. The fourth-order valence-corrected chi connectivity index (χ4v) is 1.28. The van der Waals surface area contributed by atoms with Crippen molar-refractivity contribution in [3.63, 3.8) is 0 Å². The van der Waals surface area contributed by atoms with E-state index in [-0.39, 0.29) is 0 Å². The Kier molecular flexibility index (Phi) is 2.45. The molecule has 1 aromatic heterocycles. The summed E-state index contributed by atoms with van der Waals surface area (Å²) < 4.78 is 0. The third-order valence-corrected chi connectivity index (χ3v) is 1.98. The fraction of sp³-hybridized carbons (Fsp3) is 0.0833. The molecule has 0 amide bonds. The van der Waals surface area contributed by atoms with E-state index >= 15 is 0 Å². The van der Waals surface area contributed by atoms with Gasteiger partial charge in [0.25, 0.3) is 0 Å². The molecule has 0 aliphatic heterocycles. The zero-order valence-corrected chi connectivity index (χ0v) is 8.07. The standard InChI is InChI=1S/C12H12N2/c1-10-4-2-5-11(8-10)14-9-12-6-3-7-13-12/h2-9,13H,1H3. The lowest BCUT2D eigenvalue weighted by atomic mass is 10.2. The van der Waals surface area contributed by atoms with Gasteiger partial charge in [-0.2, -0.15) is 0 Å². The average molecular weight is 184 g/mol. The third kappa shape index (κ3) is 2.10. The monoisotopic (exact) mass is 184 g/mol. The lowest BCUT2D eigenvalue weighted by molar-refractivity contribution is 1.37. The number of aryl methyl sites for hydroxylation is 1. The molecule has 2 rings (SSSR count). The molecule has 0 spiro atoms. The maximum atomic E-state index is 4.35. The van der Waals surface area contributed by atoms with Crippen molar-refractivity contribution in [3.05, 3.63) is 53.9 Å². The summed E-state index contributed by atoms with van der Waals surface area (Å²) in [6.07, 6.45) is 3.71. The molecule has 0 aliphatic rings. The van der Waals surface area contributed by atoms with Gasteiger partial charge in [0.15, 0.2) is 0 Å². The minimum atomic E-state index is 0.986. The number of nitrogens with zero attached hydrogens (tertiary/aromatic N) is 1. The van der Waals surface area contributed by atoms with Gasteiger partial charge in [0, 0.05) is 6.20 Å². The van der Waals surface area contributed by atoms with Gasteiger partial charge >= 0.3 is 0 Å². The zero-order valence-electron chi connectivity index (χ0n) is 8.07. The van der Waals surface area contributed by atoms with E-state index in [0.717, 1.165) is 11.4 Å². The SMILES string of the molecule is Cc1cccc(N=Cc2ccc[nH]2)c1. The van der Waals surface area contributed by atoms with Gasteiger partial charge in [-0.15, -0.1) is 0 Å². The Morgan fingerprint density at radius 2 is 2.14 bits per heavy atom. The number of aliphatic imine (C=N–C) groups is 1. The predicted octanol–water partition coefficient (Wildman–Crippen LogP) is 3.07. The first-order valence-corrected chi connectivity index (χ1v) is 4.59. The van der Waals surface area contributed by atoms with Crippen molar-refractivity contribution in [2.75, 3.05) is 0 Å². The van der Waals surface area contributed by atoms with Crippen LogP contribution >= 0.6 is 0 Å². The van der Waals surface area contributed by atoms with Crippen LogP contribution in [0.2, 0.25) is 0 Å². The Bertz CT molecular complexity index is 427. The molecule has 0 unspecified atom stereocenters. The van der Waals surface area contributed by atoms with Gasteiger partial charge in [-0.25, -0.2) is 0 Å². The fourth-order valence-electron chi connectivity index (χ4n) is 1.28. The van der Waals surface area contributed by atoms with Crippen molar-refractivity contribution in [2.45, 2.75) is 6.92 Å². The highest BCUT2D eigenvalue weighted by atomic mass is 14.8. The maximum Gasteiger partial charge on any atom is 0.0633 e. The summed E-state index contributed by atoms with van der Waals surface area (Å²) in [7, 11) is 0. The van der Waals surface area contributed by atoms with E-state index in [4.69, 9.17) is 0 Å². The summed E-state index contributed by atoms with van der Waals surface area (Å²) in [6.45, 7) is 2.06. The van der Waals surface area contributed by atoms with Crippen LogP contribution in [0.1, 0.15) is 11.3 Å². The lowest BCUT2D eigenvalue weighted by Gasteiger charge is -1.94. The first-order valence-electron chi connectivity index (χ1n) is 4.59. The number of nitrogens with one attached hydrogen (secondary N) is 1. The molecule has 14 heavy (non-hydrogen) atoms. The Morgan fingerprint density at radius 3 is 2.86 bits per heavy atom. The minimum Gasteiger partial charge on any atom is -0.360 e. The summed E-state index contributed by atoms with van der Waals surface area (Å²) in [5, 5.41) is 0. The molecule has 2 nitrogen and oxygen atoms in total. The summed E-state index contributed by atoms with van der Waals surface area (Å²) in [4.78, 5) is 7.43. The number of aromatic nitrogens is 1. The van der Waals surface area contributed by atoms with Crippen LogP contribution in [0.15, 0.2) is 47.6 Å². The molecule has 1 N–H and O–H groups in total. The predicted molar refractivity (Wildman–Crippen MR) is 59.2 cm³/mol. The molecule has 1 aromatic carbocycles. The molecule has 70 valence electrons. The van der Waals surface area contributed by atoms with Crippen molar-refractivity contribution >= 4 is 11.9 Å². The van der Waals surface area contributed by atoms with E-state index in [2.05, 4.69) is 29.0 Å². The van der Waals surface area contributed by atoms with Crippen molar-refractivity contribution in [1.82, 2.24) is 4.98 Å². The van der Waals surface area contributed by atoms with Crippen molar-refractivity contribution in [1.29, 1.82) is 0 Å². The highest BCUT2D eigenvalue weighted by Gasteiger charge is 1.89. The van der Waals surface area contributed by atoms with Crippen LogP contribution in [0, 0.1) is 6.92 Å². The van der Waals surface area contributed by atoms with E-state index in [1.807, 2.05) is 36.7 Å². The quantitative estimate of drug-likeness (QED) is 0.695. The third-order valence-electron chi connectivity index (χ3n) is 1.98. The summed E-state index contributed by atoms with van der Waals surface area (Å²) in [5.74, 6) is 0. The number of rotatable bonds is 2. The number of hydrogen-bond acceptors (Lipinski definition) is 1. The molecule has 0 saturated heterocycles. The normalized spacial score (nSPS) is 10.9. The Labute approximate surface area is 83.3 Å². The maximum absolute atomic E-state index is 4.35. The lowest BCUT2D eigenvalue weighted by Crippen LogP contribution is -1.78. The molecule has 2 heteroatoms. The van der Waals surface area contributed by atoms with Crippen LogP contribution in [0.4, 0.5) is 5.69 Å². The van der Waals surface area contributed by atoms with E-state index in [1.54, 1.807) is 0 Å². The second-order valence-corrected chi connectivity index (χ2v) is 3.22. The van der Waals surface area contributed by atoms with E-state index in [9.17, 15) is 0 Å². The van der Waals surface area contributed by atoms with Gasteiger partial charge < -0.3 is 4.98 Å². The van der Waals surface area contributed by atoms with E-state index in [1.165, 1.54) is 5.56 Å². The second kappa shape index (κ2) is 3.92. The number of hydrogen-bond donors (Lipinski definition) is 1. The Hall–Kier alpha value is -1.83. The molecule has 0 saturated carbocycles. The summed E-state index contributed by atoms with van der Waals surface area (Å²) >= 11 is 0. The van der Waals surface area contributed by atoms with Crippen molar-refractivity contribution < 1.29 is 0 Å². The van der Waals surface area contributed by atoms with E-state index in [0.29, 0.717) is 0 Å². The topological polar surface area (TPSA) is 28.1 Å². The largest absolute Gasteiger partial charge is 0.360 e. The number of benzene rings is 1. The molecule has 0 atom stereocenters. The van der Waals surface area contributed by atoms with Crippen LogP contribution in [0.5, 0.6) is 0 Å². The first kappa shape index (κ1) is 8.75. The molecule has 0 fully saturated rings. The summed E-state index contributed by atoms with van der Waals surface area (Å²) in [5.41, 5.74) is 3.23. The van der Waals surface area contributed by atoms with Gasteiger partial charge in [-0.3, -0.25) is 4.99 Å². The minimum absolute atomic E-state index is 0.986. The molecule has 1 heterocycles. The highest BCUT2D eigenvalue weighted by molar-refractivity contribution is 5.79. The van der Waals surface area contributed by atoms with Gasteiger partial charge in [-0.05, 0) is 36.8 Å². The average Bonchev–Trinajstić information content (AvgIpc) is 2.67. The molecule has 2 aromatic rings. The smallest absolute Gasteiger partial charge is 0.0633 e. The van der Waals surface area contributed by atoms with Crippen LogP contribution in [0.3, 0.4) is 0 Å². The van der Waals surface area contributed by atoms with Crippen LogP contribution in [-0.4, -0.2) is 11.2 Å². The van der Waals surface area contributed by atoms with Crippen LogP contribution in [0.25, 0.3) is 0 Å². The van der Waals surface area contributed by atoms with Gasteiger partial charge in [-0.1, -0.05) is 12.1 Å². The molecule has 0 radical (unpaired) electrons. The van der Waals surface area contributed by atoms with E-state index < -0.39 is 0 Å². The highest BCUT2D eigenvalue weighted by Crippen LogP contribution is 2.12. The van der Waals surface area contributed by atoms with Crippen LogP contribution < -0.4 is 0 Å². The number of H-pyrrole nitrogens is 1. The second-order valence-electron chi connectivity index (χ2n) is 3.22. The van der Waals surface area contributed by atoms with Crippen molar-refractivity contribution in [3.8, 4) is 0 Å². The summed E-state index contributed by atoms with van der Waals surface area (Å²) in [6, 6.07) is 12.1. The van der Waals surface area contributed by atoms with Gasteiger partial charge in [0.2, 0.25) is 0 Å². The molecular weight excluding hydrogens is 172 g/mol. The number of aromatic amines is 1. The van der Waals surface area contributed by atoms with Crippen molar-refractivity contribution in [2.24, 2.45) is 4.99 Å². The van der Waals surface area contributed by atoms with Crippen LogP contribution in [-0.2, 0) is 0 Å². The van der Waals surface area contributed by atoms with Gasteiger partial charge in [0.05, 0.1) is 17.6 Å². The Balaban J connectivity index is 2.18. The molecular formula is C12H12N2. The molecule has 0 aliphatic carbocycles. The van der Waals surface area contributed by atoms with Gasteiger partial charge in [0.1, 0.15) is 0 Å². The first-order chi connectivity index (χ1) is 6.84. The Morgan fingerprint density at radius 1 is 1.21 bits per heavy atom.